The van der Waals surface area contributed by atoms with Gasteiger partial charge in [-0.1, -0.05) is 30.3 Å². The Bertz CT molecular complexity index is 1540. The summed E-state index contributed by atoms with van der Waals surface area (Å²) in [5.74, 6) is -0.923. The second-order valence-corrected chi connectivity index (χ2v) is 11.1. The number of carbonyl (C=O) groups excluding carboxylic acids is 2. The van der Waals surface area contributed by atoms with E-state index in [0.29, 0.717) is 30.6 Å². The van der Waals surface area contributed by atoms with Crippen LogP contribution in [0.3, 0.4) is 0 Å². The zero-order valence-electron chi connectivity index (χ0n) is 25.4. The molecule has 0 radical (unpaired) electrons. The minimum Gasteiger partial charge on any atom is -0.432 e. The lowest BCUT2D eigenvalue weighted by Crippen LogP contribution is -2.32. The fraction of sp³-hybridized carbons (Fsp3) is 0.469. The predicted molar refractivity (Wildman–Crippen MR) is 159 cm³/mol. The van der Waals surface area contributed by atoms with Crippen molar-refractivity contribution in [1.82, 2.24) is 10.3 Å². The Morgan fingerprint density at radius 2 is 1.64 bits per heavy atom. The van der Waals surface area contributed by atoms with Crippen LogP contribution in [0.25, 0.3) is 22.0 Å². The van der Waals surface area contributed by atoms with E-state index in [-0.39, 0.29) is 48.0 Å². The zero-order chi connectivity index (χ0) is 32.7. The van der Waals surface area contributed by atoms with Gasteiger partial charge in [-0.2, -0.15) is 13.2 Å². The molecule has 0 aliphatic carbocycles. The molecule has 1 aliphatic heterocycles. The van der Waals surface area contributed by atoms with E-state index in [4.69, 9.17) is 23.7 Å². The molecule has 0 spiro atoms. The Morgan fingerprint density at radius 3 is 2.36 bits per heavy atom. The summed E-state index contributed by atoms with van der Waals surface area (Å²) in [6.07, 6.45) is -6.08. The number of nitrogens with one attached hydrogen (secondary N) is 2. The lowest BCUT2D eigenvalue weighted by Gasteiger charge is -2.19. The quantitative estimate of drug-likeness (QED) is 0.247. The summed E-state index contributed by atoms with van der Waals surface area (Å²) >= 11 is 0. The van der Waals surface area contributed by atoms with E-state index in [1.165, 1.54) is 24.3 Å². The van der Waals surface area contributed by atoms with Crippen LogP contribution in [0.2, 0.25) is 0 Å². The SMILES string of the molecule is COCC(C)OCC(C)OCC(C)OC(=O)OCC1C[C@@H](c2ccc3cc(-c4ccccc4C(F)(F)F)[nH]c(=O)c3c2)C(=O)N1. The molecule has 2 N–H and O–H groups in total. The van der Waals surface area contributed by atoms with Crippen molar-refractivity contribution in [2.24, 2.45) is 0 Å². The second-order valence-electron chi connectivity index (χ2n) is 11.1. The van der Waals surface area contributed by atoms with Crippen LogP contribution in [0.5, 0.6) is 0 Å². The van der Waals surface area contributed by atoms with E-state index in [2.05, 4.69) is 10.3 Å². The van der Waals surface area contributed by atoms with Crippen LogP contribution in [0.15, 0.2) is 53.3 Å². The summed E-state index contributed by atoms with van der Waals surface area (Å²) < 4.78 is 67.3. The molecule has 244 valence electrons. The maximum absolute atomic E-state index is 13.5. The van der Waals surface area contributed by atoms with Gasteiger partial charge in [0.05, 0.1) is 49.6 Å². The van der Waals surface area contributed by atoms with E-state index >= 15 is 0 Å². The molecule has 45 heavy (non-hydrogen) atoms. The maximum atomic E-state index is 13.5. The van der Waals surface area contributed by atoms with Gasteiger partial charge in [-0.3, -0.25) is 9.59 Å². The van der Waals surface area contributed by atoms with Crippen molar-refractivity contribution in [2.45, 2.75) is 63.6 Å². The Labute approximate surface area is 258 Å². The molecular formula is C32H37F3N2O8. The molecular weight excluding hydrogens is 597 g/mol. The highest BCUT2D eigenvalue weighted by atomic mass is 19.4. The Kier molecular flexibility index (Phi) is 11.2. The first-order chi connectivity index (χ1) is 21.3. The molecule has 4 rings (SSSR count). The summed E-state index contributed by atoms with van der Waals surface area (Å²) in [5, 5.41) is 3.45. The standard InChI is InChI=1S/C32H37F3N2O8/c1-18(14-41-4)42-15-19(2)43-16-20(3)45-31(40)44-17-23-13-26(29(38)36-23)21-9-10-22-12-28(37-30(39)25(22)11-21)24-7-5-6-8-27(24)32(33,34)35/h5-12,18-20,23,26H,13-17H2,1-4H3,(H,36,38)(H,37,39)/t18?,19?,20?,23?,26-/m0/s1. The third-order valence-electron chi connectivity index (χ3n) is 7.31. The van der Waals surface area contributed by atoms with Crippen LogP contribution < -0.4 is 10.9 Å². The molecule has 5 atom stereocenters. The molecule has 0 bridgehead atoms. The van der Waals surface area contributed by atoms with Gasteiger partial charge in [0.25, 0.3) is 5.56 Å². The second kappa shape index (κ2) is 14.9. The number of pyridine rings is 1. The van der Waals surface area contributed by atoms with Gasteiger partial charge in [-0.25, -0.2) is 4.79 Å². The van der Waals surface area contributed by atoms with Gasteiger partial charge in [0.15, 0.2) is 0 Å². The molecule has 0 saturated carbocycles. The average molecular weight is 635 g/mol. The van der Waals surface area contributed by atoms with Crippen molar-refractivity contribution >= 4 is 22.8 Å². The van der Waals surface area contributed by atoms with Crippen LogP contribution >= 0.6 is 0 Å². The third kappa shape index (κ3) is 9.05. The van der Waals surface area contributed by atoms with Crippen molar-refractivity contribution < 1.29 is 46.4 Å². The number of aromatic amines is 1. The molecule has 1 aliphatic rings. The molecule has 2 heterocycles. The van der Waals surface area contributed by atoms with Gasteiger partial charge in [0.1, 0.15) is 12.7 Å². The van der Waals surface area contributed by atoms with Gasteiger partial charge in [0, 0.05) is 23.8 Å². The number of rotatable bonds is 13. The van der Waals surface area contributed by atoms with Crippen molar-refractivity contribution in [3.05, 3.63) is 70.0 Å². The normalized spacial score (nSPS) is 18.8. The third-order valence-corrected chi connectivity index (χ3v) is 7.31. The molecule has 3 aromatic rings. The van der Waals surface area contributed by atoms with E-state index in [0.717, 1.165) is 6.07 Å². The van der Waals surface area contributed by atoms with E-state index in [1.807, 2.05) is 13.8 Å². The average Bonchev–Trinajstić information content (AvgIpc) is 3.37. The minimum absolute atomic E-state index is 0.0351. The largest absolute Gasteiger partial charge is 0.508 e. The monoisotopic (exact) mass is 634 g/mol. The molecule has 4 unspecified atom stereocenters. The van der Waals surface area contributed by atoms with E-state index < -0.39 is 41.5 Å². The molecule has 1 saturated heterocycles. The fourth-order valence-corrected chi connectivity index (χ4v) is 5.09. The molecule has 13 heteroatoms. The summed E-state index contributed by atoms with van der Waals surface area (Å²) in [6.45, 7) is 6.23. The summed E-state index contributed by atoms with van der Waals surface area (Å²) in [4.78, 5) is 40.5. The lowest BCUT2D eigenvalue weighted by atomic mass is 9.93. The summed E-state index contributed by atoms with van der Waals surface area (Å²) in [5.41, 5.74) is -0.988. The smallest absolute Gasteiger partial charge is 0.432 e. The topological polar surface area (TPSA) is 125 Å². The highest BCUT2D eigenvalue weighted by Gasteiger charge is 2.35. The van der Waals surface area contributed by atoms with Crippen LogP contribution in [0.1, 0.15) is 44.2 Å². The number of alkyl halides is 3. The van der Waals surface area contributed by atoms with Gasteiger partial charge in [0.2, 0.25) is 5.91 Å². The van der Waals surface area contributed by atoms with Gasteiger partial charge < -0.3 is 34.0 Å². The first kappa shape index (κ1) is 33.9. The predicted octanol–water partition coefficient (Wildman–Crippen LogP) is 5.18. The first-order valence-electron chi connectivity index (χ1n) is 14.5. The number of carbonyl (C=O) groups is 2. The molecule has 1 amide bonds. The van der Waals surface area contributed by atoms with Crippen LogP contribution in [0.4, 0.5) is 18.0 Å². The maximum Gasteiger partial charge on any atom is 0.508 e. The number of methoxy groups -OCH3 is 1. The lowest BCUT2D eigenvalue weighted by molar-refractivity contribution is -0.137. The fourth-order valence-electron chi connectivity index (χ4n) is 5.09. The molecule has 10 nitrogen and oxygen atoms in total. The van der Waals surface area contributed by atoms with Crippen LogP contribution in [0, 0.1) is 0 Å². The molecule has 1 aromatic heterocycles. The summed E-state index contributed by atoms with van der Waals surface area (Å²) in [6, 6.07) is 10.8. The van der Waals surface area contributed by atoms with Crippen molar-refractivity contribution in [2.75, 3.05) is 33.5 Å². The van der Waals surface area contributed by atoms with Crippen molar-refractivity contribution in [3.63, 3.8) is 0 Å². The first-order valence-corrected chi connectivity index (χ1v) is 14.5. The van der Waals surface area contributed by atoms with Crippen LogP contribution in [-0.4, -0.2) is 74.9 Å². The Hall–Kier alpha value is -3.94. The van der Waals surface area contributed by atoms with Gasteiger partial charge in [-0.15, -0.1) is 0 Å². The van der Waals surface area contributed by atoms with Gasteiger partial charge >= 0.3 is 12.3 Å². The number of ether oxygens (including phenoxy) is 5. The molecule has 1 fully saturated rings. The van der Waals surface area contributed by atoms with Crippen molar-refractivity contribution in [1.29, 1.82) is 0 Å². The number of benzene rings is 2. The number of halogens is 3. The zero-order valence-corrected chi connectivity index (χ0v) is 25.4. The number of H-pyrrole nitrogens is 1. The van der Waals surface area contributed by atoms with Crippen molar-refractivity contribution in [3.8, 4) is 11.3 Å². The highest BCUT2D eigenvalue weighted by molar-refractivity contribution is 5.90. The van der Waals surface area contributed by atoms with E-state index in [9.17, 15) is 27.6 Å². The number of fused-ring (bicyclic) bond motifs is 1. The number of aromatic nitrogens is 1. The van der Waals surface area contributed by atoms with Crippen LogP contribution in [-0.2, 0) is 34.7 Å². The Balaban J connectivity index is 1.31. The van der Waals surface area contributed by atoms with E-state index in [1.54, 1.807) is 32.2 Å². The number of hydrogen-bond donors (Lipinski definition) is 2. The minimum atomic E-state index is -4.59. The van der Waals surface area contributed by atoms with Gasteiger partial charge in [-0.05, 0) is 56.3 Å². The highest BCUT2D eigenvalue weighted by Crippen LogP contribution is 2.37. The number of amides is 1. The molecule has 2 aromatic carbocycles. The Morgan fingerprint density at radius 1 is 0.956 bits per heavy atom. The number of hydrogen-bond acceptors (Lipinski definition) is 8. The summed E-state index contributed by atoms with van der Waals surface area (Å²) in [7, 11) is 1.59.